The van der Waals surface area contributed by atoms with E-state index < -0.39 is 10.0 Å². The van der Waals surface area contributed by atoms with Crippen LogP contribution in [0.4, 0.5) is 0 Å². The molecule has 1 fully saturated rings. The quantitative estimate of drug-likeness (QED) is 0.789. The Morgan fingerprint density at radius 2 is 2.17 bits per heavy atom. The van der Waals surface area contributed by atoms with E-state index in [-0.39, 0.29) is 23.5 Å². The van der Waals surface area contributed by atoms with Crippen molar-refractivity contribution >= 4 is 53.2 Å². The second-order valence-corrected chi connectivity index (χ2v) is 9.72. The van der Waals surface area contributed by atoms with E-state index in [2.05, 4.69) is 36.6 Å². The van der Waals surface area contributed by atoms with Crippen LogP contribution in [0.3, 0.4) is 0 Å². The summed E-state index contributed by atoms with van der Waals surface area (Å²) in [6.07, 6.45) is 2.61. The Morgan fingerprint density at radius 3 is 2.72 bits per heavy atom. The van der Waals surface area contributed by atoms with E-state index in [4.69, 9.17) is 0 Å². The van der Waals surface area contributed by atoms with Crippen LogP contribution in [0.25, 0.3) is 0 Å². The number of rotatable bonds is 4. The van der Waals surface area contributed by atoms with Crippen LogP contribution in [0.5, 0.6) is 0 Å². The highest BCUT2D eigenvalue weighted by Gasteiger charge is 2.32. The zero-order valence-electron chi connectivity index (χ0n) is 9.40. The van der Waals surface area contributed by atoms with Crippen molar-refractivity contribution in [1.82, 2.24) is 4.72 Å². The highest BCUT2D eigenvalue weighted by Crippen LogP contribution is 2.35. The minimum Gasteiger partial charge on any atom is -0.396 e. The normalized spacial score (nSPS) is 24.6. The Labute approximate surface area is 127 Å². The van der Waals surface area contributed by atoms with Crippen LogP contribution in [-0.2, 0) is 10.0 Å². The zero-order chi connectivity index (χ0) is 13.3. The molecule has 8 heteroatoms. The van der Waals surface area contributed by atoms with E-state index in [1.807, 2.05) is 0 Å². The molecule has 0 aliphatic heterocycles. The fraction of sp³-hybridized carbons (Fsp3) is 0.600. The van der Waals surface area contributed by atoms with Gasteiger partial charge in [-0.2, -0.15) is 0 Å². The summed E-state index contributed by atoms with van der Waals surface area (Å²) in [6, 6.07) is 1.42. The summed E-state index contributed by atoms with van der Waals surface area (Å²) in [6.45, 7) is 0.0295. The maximum atomic E-state index is 12.2. The molecule has 2 N–H and O–H groups in total. The lowest BCUT2D eigenvalue weighted by atomic mass is 10.1. The molecule has 0 spiro atoms. The van der Waals surface area contributed by atoms with E-state index in [1.54, 1.807) is 6.07 Å². The van der Waals surface area contributed by atoms with Gasteiger partial charge in [-0.15, -0.1) is 11.3 Å². The average Bonchev–Trinajstić information content (AvgIpc) is 2.84. The van der Waals surface area contributed by atoms with Crippen molar-refractivity contribution < 1.29 is 13.5 Å². The summed E-state index contributed by atoms with van der Waals surface area (Å²) in [7, 11) is -3.52. The maximum Gasteiger partial charge on any atom is 0.242 e. The van der Waals surface area contributed by atoms with Crippen LogP contribution in [0, 0.1) is 5.92 Å². The lowest BCUT2D eigenvalue weighted by Crippen LogP contribution is -2.38. The Morgan fingerprint density at radius 1 is 1.44 bits per heavy atom. The van der Waals surface area contributed by atoms with Crippen LogP contribution in [0.1, 0.15) is 19.3 Å². The van der Waals surface area contributed by atoms with Crippen LogP contribution in [-0.4, -0.2) is 26.2 Å². The molecule has 1 aliphatic rings. The van der Waals surface area contributed by atoms with Gasteiger partial charge < -0.3 is 5.11 Å². The van der Waals surface area contributed by atoms with Gasteiger partial charge >= 0.3 is 0 Å². The Kier molecular flexibility index (Phi) is 4.88. The number of sulfonamides is 1. The molecule has 2 atom stereocenters. The fourth-order valence-electron chi connectivity index (χ4n) is 2.18. The van der Waals surface area contributed by atoms with Crippen molar-refractivity contribution in [3.8, 4) is 0 Å². The van der Waals surface area contributed by atoms with Crippen LogP contribution in [0.2, 0.25) is 0 Å². The molecule has 2 unspecified atom stereocenters. The molecule has 1 aromatic rings. The summed E-state index contributed by atoms with van der Waals surface area (Å²) in [5, 5.41) is 9.21. The van der Waals surface area contributed by atoms with Gasteiger partial charge in [0.1, 0.15) is 4.90 Å². The van der Waals surface area contributed by atoms with Crippen LogP contribution >= 0.6 is 43.2 Å². The second-order valence-electron chi connectivity index (χ2n) is 4.29. The molecule has 1 aromatic heterocycles. The van der Waals surface area contributed by atoms with Crippen molar-refractivity contribution in [3.63, 3.8) is 0 Å². The fourth-order valence-corrected chi connectivity index (χ4v) is 7.33. The van der Waals surface area contributed by atoms with E-state index >= 15 is 0 Å². The van der Waals surface area contributed by atoms with E-state index in [1.165, 1.54) is 11.3 Å². The average molecular weight is 419 g/mol. The van der Waals surface area contributed by atoms with Gasteiger partial charge in [0.25, 0.3) is 0 Å². The third-order valence-electron chi connectivity index (χ3n) is 3.12. The Bertz CT molecular complexity index is 529. The number of thiophene rings is 1. The molecule has 0 bridgehead atoms. The first-order chi connectivity index (χ1) is 8.44. The molecule has 1 aliphatic carbocycles. The zero-order valence-corrected chi connectivity index (χ0v) is 14.2. The van der Waals surface area contributed by atoms with Gasteiger partial charge in [0.15, 0.2) is 0 Å². The van der Waals surface area contributed by atoms with Gasteiger partial charge in [-0.3, -0.25) is 0 Å². The molecule has 1 heterocycles. The van der Waals surface area contributed by atoms with E-state index in [0.717, 1.165) is 23.0 Å². The molecule has 18 heavy (non-hydrogen) atoms. The minimum atomic E-state index is -3.52. The van der Waals surface area contributed by atoms with E-state index in [0.29, 0.717) is 3.79 Å². The molecule has 4 nitrogen and oxygen atoms in total. The van der Waals surface area contributed by atoms with Gasteiger partial charge in [0, 0.05) is 12.6 Å². The molecule has 2 rings (SSSR count). The highest BCUT2D eigenvalue weighted by molar-refractivity contribution is 9.12. The molecule has 0 saturated heterocycles. The van der Waals surface area contributed by atoms with Crippen molar-refractivity contribution in [3.05, 3.63) is 13.6 Å². The standard InChI is InChI=1S/C10H13Br2NO3S2/c11-9-4-8(10(12)17-9)18(15,16)13-7-3-1-2-6(7)5-14/h4,6-7,13-14H,1-3,5H2. The Balaban J connectivity index is 2.19. The van der Waals surface area contributed by atoms with Crippen LogP contribution < -0.4 is 4.72 Å². The topological polar surface area (TPSA) is 66.4 Å². The van der Waals surface area contributed by atoms with Crippen molar-refractivity contribution in [2.45, 2.75) is 30.2 Å². The van der Waals surface area contributed by atoms with E-state index in [9.17, 15) is 13.5 Å². The summed E-state index contributed by atoms with van der Waals surface area (Å²) in [5.41, 5.74) is 0. The monoisotopic (exact) mass is 417 g/mol. The lowest BCUT2D eigenvalue weighted by Gasteiger charge is -2.18. The second kappa shape index (κ2) is 5.88. The molecule has 102 valence electrons. The first-order valence-corrected chi connectivity index (χ1v) is 9.40. The maximum absolute atomic E-state index is 12.2. The number of aliphatic hydroxyl groups is 1. The van der Waals surface area contributed by atoms with Crippen molar-refractivity contribution in [2.75, 3.05) is 6.61 Å². The third kappa shape index (κ3) is 3.16. The minimum absolute atomic E-state index is 0.0284. The smallest absolute Gasteiger partial charge is 0.242 e. The van der Waals surface area contributed by atoms with Gasteiger partial charge in [-0.25, -0.2) is 13.1 Å². The van der Waals surface area contributed by atoms with Crippen molar-refractivity contribution in [2.24, 2.45) is 5.92 Å². The molecule has 0 aromatic carbocycles. The van der Waals surface area contributed by atoms with Gasteiger partial charge in [-0.05, 0) is 56.7 Å². The lowest BCUT2D eigenvalue weighted by molar-refractivity contribution is 0.213. The number of aliphatic hydroxyl groups excluding tert-OH is 1. The summed E-state index contributed by atoms with van der Waals surface area (Å²) >= 11 is 7.85. The molecular weight excluding hydrogens is 406 g/mol. The molecule has 1 saturated carbocycles. The first-order valence-electron chi connectivity index (χ1n) is 5.52. The summed E-state index contributed by atoms with van der Waals surface area (Å²) < 4.78 is 28.5. The highest BCUT2D eigenvalue weighted by atomic mass is 79.9. The number of nitrogens with one attached hydrogen (secondary N) is 1. The predicted octanol–water partition coefficient (Wildman–Crippen LogP) is 2.71. The Hall–Kier alpha value is 0.530. The summed E-state index contributed by atoms with van der Waals surface area (Å²) in [4.78, 5) is 0.253. The van der Waals surface area contributed by atoms with Crippen LogP contribution in [0.15, 0.2) is 18.5 Å². The SMILES string of the molecule is O=S(=O)(NC1CCCC1CO)c1cc(Br)sc1Br. The van der Waals surface area contributed by atoms with Crippen molar-refractivity contribution in [1.29, 1.82) is 0 Å². The molecule has 0 radical (unpaired) electrons. The first kappa shape index (κ1) is 14.9. The number of halogens is 2. The third-order valence-corrected chi connectivity index (χ3v) is 7.36. The summed E-state index contributed by atoms with van der Waals surface area (Å²) in [5.74, 6) is 0.0284. The predicted molar refractivity (Wildman–Crippen MR) is 78.3 cm³/mol. The van der Waals surface area contributed by atoms with Gasteiger partial charge in [0.2, 0.25) is 10.0 Å². The number of hydrogen-bond acceptors (Lipinski definition) is 4. The molecular formula is C10H13Br2NO3S2. The molecule has 0 amide bonds. The number of hydrogen-bond donors (Lipinski definition) is 2. The largest absolute Gasteiger partial charge is 0.396 e. The van der Waals surface area contributed by atoms with Gasteiger partial charge in [-0.1, -0.05) is 6.42 Å². The van der Waals surface area contributed by atoms with Gasteiger partial charge in [0.05, 0.1) is 7.57 Å².